The summed E-state index contributed by atoms with van der Waals surface area (Å²) in [7, 11) is 0. The van der Waals surface area contributed by atoms with Crippen LogP contribution in [0.3, 0.4) is 0 Å². The van der Waals surface area contributed by atoms with E-state index in [1.807, 2.05) is 18.3 Å². The Balaban J connectivity index is 1.57. The molecule has 0 unspecified atom stereocenters. The summed E-state index contributed by atoms with van der Waals surface area (Å²) in [6.45, 7) is 3.11. The van der Waals surface area contributed by atoms with Gasteiger partial charge in [0.15, 0.2) is 0 Å². The van der Waals surface area contributed by atoms with Gasteiger partial charge in [-0.25, -0.2) is 4.98 Å². The van der Waals surface area contributed by atoms with Crippen molar-refractivity contribution in [3.8, 4) is 11.3 Å². The van der Waals surface area contributed by atoms with E-state index in [9.17, 15) is 4.79 Å². The van der Waals surface area contributed by atoms with Crippen molar-refractivity contribution in [2.45, 2.75) is 19.4 Å². The van der Waals surface area contributed by atoms with Crippen LogP contribution < -0.4 is 16.6 Å². The Morgan fingerprint density at radius 1 is 1.15 bits per heavy atom. The number of hydrogen-bond donors (Lipinski definition) is 4. The van der Waals surface area contributed by atoms with E-state index >= 15 is 0 Å². The molecule has 5 N–H and O–H groups in total. The second-order valence-electron chi connectivity index (χ2n) is 8.31. The van der Waals surface area contributed by atoms with E-state index in [4.69, 9.17) is 16.1 Å². The van der Waals surface area contributed by atoms with Gasteiger partial charge in [0.2, 0.25) is 0 Å². The molecule has 0 atom stereocenters. The van der Waals surface area contributed by atoms with Crippen molar-refractivity contribution in [2.75, 3.05) is 24.1 Å². The number of nitrogen functional groups attached to an aromatic ring is 1. The molecular formula is C25H25N7O. The fourth-order valence-corrected chi connectivity index (χ4v) is 4.28. The van der Waals surface area contributed by atoms with Crippen molar-refractivity contribution >= 4 is 34.2 Å². The number of likely N-dealkylation sites (tertiary alicyclic amines) is 1. The second-order valence-corrected chi connectivity index (χ2v) is 8.31. The SMILES string of the molecule is N=Cc1cc(Nc2nc(-c3cncc(CN4CCCC4)c3)cc3cc[nH]c(=O)c23)ccc1N. The van der Waals surface area contributed by atoms with Gasteiger partial charge in [-0.1, -0.05) is 0 Å². The van der Waals surface area contributed by atoms with E-state index in [2.05, 4.69) is 26.3 Å². The number of aromatic nitrogens is 3. The van der Waals surface area contributed by atoms with Crippen molar-refractivity contribution in [3.05, 3.63) is 76.5 Å². The van der Waals surface area contributed by atoms with Gasteiger partial charge in [0.25, 0.3) is 5.56 Å². The van der Waals surface area contributed by atoms with Gasteiger partial charge in [0.1, 0.15) is 5.82 Å². The second kappa shape index (κ2) is 8.84. The normalized spacial score (nSPS) is 13.9. The highest BCUT2D eigenvalue weighted by Gasteiger charge is 2.15. The molecule has 1 aromatic carbocycles. The number of anilines is 3. The molecule has 4 heterocycles. The fraction of sp³-hybridized carbons (Fsp3) is 0.200. The predicted molar refractivity (Wildman–Crippen MR) is 132 cm³/mol. The summed E-state index contributed by atoms with van der Waals surface area (Å²) in [6, 6.07) is 11.2. The topological polar surface area (TPSA) is 124 Å². The standard InChI is InChI=1S/C25H25N7O/c26-12-18-10-20(3-4-21(18)27)30-24-23-17(5-6-29-25(23)33)11-22(31-24)19-9-16(13-28-14-19)15-32-7-1-2-8-32/h3-6,9-14,26H,1-2,7-8,15,27H2,(H,29,33)(H,30,31). The number of hydrogen-bond acceptors (Lipinski definition) is 7. The lowest BCUT2D eigenvalue weighted by atomic mass is 10.1. The Bertz CT molecular complexity index is 1390. The zero-order chi connectivity index (χ0) is 22.8. The molecule has 3 aromatic heterocycles. The molecule has 0 radical (unpaired) electrons. The van der Waals surface area contributed by atoms with E-state index in [0.29, 0.717) is 28.1 Å². The van der Waals surface area contributed by atoms with Crippen LogP contribution >= 0.6 is 0 Å². The Hall–Kier alpha value is -4.04. The Morgan fingerprint density at radius 2 is 2.00 bits per heavy atom. The maximum atomic E-state index is 12.7. The molecular weight excluding hydrogens is 414 g/mol. The summed E-state index contributed by atoms with van der Waals surface area (Å²) in [5.41, 5.74) is 10.3. The van der Waals surface area contributed by atoms with Crippen molar-refractivity contribution in [1.29, 1.82) is 5.41 Å². The molecule has 1 aliphatic heterocycles. The lowest BCUT2D eigenvalue weighted by molar-refractivity contribution is 0.331. The van der Waals surface area contributed by atoms with E-state index in [1.165, 1.54) is 19.1 Å². The summed E-state index contributed by atoms with van der Waals surface area (Å²) in [4.78, 5) is 27.1. The molecule has 1 fully saturated rings. The Kier molecular flexibility index (Phi) is 5.58. The number of nitrogens with two attached hydrogens (primary N) is 1. The highest BCUT2D eigenvalue weighted by molar-refractivity contribution is 5.95. The number of aromatic amines is 1. The molecule has 33 heavy (non-hydrogen) atoms. The van der Waals surface area contributed by atoms with E-state index in [0.717, 1.165) is 41.8 Å². The van der Waals surface area contributed by atoms with Crippen LogP contribution in [-0.4, -0.2) is 39.2 Å². The van der Waals surface area contributed by atoms with Gasteiger partial charge in [-0.2, -0.15) is 0 Å². The minimum atomic E-state index is -0.224. The van der Waals surface area contributed by atoms with Gasteiger partial charge in [0.05, 0.1) is 11.1 Å². The third-order valence-electron chi connectivity index (χ3n) is 5.95. The quantitative estimate of drug-likeness (QED) is 0.267. The first-order valence-corrected chi connectivity index (χ1v) is 11.0. The summed E-state index contributed by atoms with van der Waals surface area (Å²) >= 11 is 0. The smallest absolute Gasteiger partial charge is 0.259 e. The van der Waals surface area contributed by atoms with E-state index < -0.39 is 0 Å². The summed E-state index contributed by atoms with van der Waals surface area (Å²) in [5.74, 6) is 0.440. The predicted octanol–water partition coefficient (Wildman–Crippen LogP) is 3.90. The number of nitrogens with one attached hydrogen (secondary N) is 3. The average Bonchev–Trinajstić information content (AvgIpc) is 3.33. The zero-order valence-electron chi connectivity index (χ0n) is 18.1. The van der Waals surface area contributed by atoms with Gasteiger partial charge >= 0.3 is 0 Å². The van der Waals surface area contributed by atoms with Crippen molar-refractivity contribution < 1.29 is 0 Å². The molecule has 8 heteroatoms. The molecule has 5 rings (SSSR count). The maximum Gasteiger partial charge on any atom is 0.259 e. The van der Waals surface area contributed by atoms with E-state index in [-0.39, 0.29) is 5.56 Å². The average molecular weight is 440 g/mol. The highest BCUT2D eigenvalue weighted by Crippen LogP contribution is 2.29. The van der Waals surface area contributed by atoms with Gasteiger partial charge in [-0.15, -0.1) is 0 Å². The van der Waals surface area contributed by atoms with Crippen LogP contribution in [0.2, 0.25) is 0 Å². The fourth-order valence-electron chi connectivity index (χ4n) is 4.28. The number of benzene rings is 1. The first-order chi connectivity index (χ1) is 16.1. The van der Waals surface area contributed by atoms with Crippen LogP contribution in [0.15, 0.2) is 59.8 Å². The van der Waals surface area contributed by atoms with Gasteiger partial charge in [0, 0.05) is 53.9 Å². The molecule has 0 aliphatic carbocycles. The van der Waals surface area contributed by atoms with E-state index in [1.54, 1.807) is 30.6 Å². The Morgan fingerprint density at radius 3 is 2.82 bits per heavy atom. The third kappa shape index (κ3) is 4.33. The van der Waals surface area contributed by atoms with Gasteiger partial charge in [-0.05, 0) is 73.3 Å². The van der Waals surface area contributed by atoms with Crippen LogP contribution in [-0.2, 0) is 6.54 Å². The molecule has 4 aromatic rings. The first-order valence-electron chi connectivity index (χ1n) is 11.0. The highest BCUT2D eigenvalue weighted by atomic mass is 16.1. The molecule has 1 aliphatic rings. The summed E-state index contributed by atoms with van der Waals surface area (Å²) < 4.78 is 0. The minimum Gasteiger partial charge on any atom is -0.398 e. The number of fused-ring (bicyclic) bond motifs is 1. The summed E-state index contributed by atoms with van der Waals surface area (Å²) in [5, 5.41) is 12.1. The summed E-state index contributed by atoms with van der Waals surface area (Å²) in [6.07, 6.45) is 9.03. The van der Waals surface area contributed by atoms with Crippen molar-refractivity contribution in [2.24, 2.45) is 0 Å². The van der Waals surface area contributed by atoms with Crippen LogP contribution in [0.25, 0.3) is 22.0 Å². The van der Waals surface area contributed by atoms with Gasteiger partial charge < -0.3 is 21.4 Å². The first kappa shape index (κ1) is 20.8. The molecule has 8 nitrogen and oxygen atoms in total. The van der Waals surface area contributed by atoms with Crippen LogP contribution in [0, 0.1) is 5.41 Å². The van der Waals surface area contributed by atoms with Crippen molar-refractivity contribution in [1.82, 2.24) is 19.9 Å². The number of pyridine rings is 3. The molecule has 1 saturated heterocycles. The van der Waals surface area contributed by atoms with Crippen molar-refractivity contribution in [3.63, 3.8) is 0 Å². The maximum absolute atomic E-state index is 12.7. The largest absolute Gasteiger partial charge is 0.398 e. The number of H-pyrrole nitrogens is 1. The third-order valence-corrected chi connectivity index (χ3v) is 5.95. The molecule has 0 amide bonds. The minimum absolute atomic E-state index is 0.224. The molecule has 166 valence electrons. The van der Waals surface area contributed by atoms with Crippen LogP contribution in [0.4, 0.5) is 17.2 Å². The van der Waals surface area contributed by atoms with Gasteiger partial charge in [-0.3, -0.25) is 14.7 Å². The molecule has 0 bridgehead atoms. The van der Waals surface area contributed by atoms with Crippen LogP contribution in [0.5, 0.6) is 0 Å². The lowest BCUT2D eigenvalue weighted by Gasteiger charge is -2.15. The molecule has 0 saturated carbocycles. The monoisotopic (exact) mass is 439 g/mol. The molecule has 0 spiro atoms. The number of nitrogens with zero attached hydrogens (tertiary/aromatic N) is 3. The zero-order valence-corrected chi connectivity index (χ0v) is 18.1. The number of rotatable bonds is 6. The Labute approximate surface area is 191 Å². The lowest BCUT2D eigenvalue weighted by Crippen LogP contribution is -2.18. The van der Waals surface area contributed by atoms with Crippen LogP contribution in [0.1, 0.15) is 24.0 Å².